The maximum atomic E-state index is 12.4. The second kappa shape index (κ2) is 8.01. The summed E-state index contributed by atoms with van der Waals surface area (Å²) in [6.45, 7) is 2.42. The number of carbonyl (C=O) groups excluding carboxylic acids is 1. The van der Waals surface area contributed by atoms with Gasteiger partial charge >= 0.3 is 0 Å². The Labute approximate surface area is 150 Å². The van der Waals surface area contributed by atoms with Crippen LogP contribution in [0.4, 0.5) is 0 Å². The Balaban J connectivity index is 1.71. The van der Waals surface area contributed by atoms with E-state index in [2.05, 4.69) is 15.2 Å². The van der Waals surface area contributed by atoms with Crippen LogP contribution in [0.25, 0.3) is 0 Å². The molecule has 0 aromatic carbocycles. The van der Waals surface area contributed by atoms with Crippen LogP contribution in [-0.2, 0) is 0 Å². The highest BCUT2D eigenvalue weighted by Gasteiger charge is 2.25. The average Bonchev–Trinajstić information content (AvgIpc) is 3.12. The zero-order valence-electron chi connectivity index (χ0n) is 13.2. The first-order chi connectivity index (χ1) is 11.6. The van der Waals surface area contributed by atoms with E-state index in [1.807, 2.05) is 12.1 Å². The zero-order chi connectivity index (χ0) is 16.9. The molecule has 0 radical (unpaired) electrons. The van der Waals surface area contributed by atoms with Crippen LogP contribution in [0, 0.1) is 0 Å². The maximum Gasteiger partial charge on any atom is 0.271 e. The fraction of sp³-hybridized carbons (Fsp3) is 0.412. The Bertz CT molecular complexity index is 685. The molecule has 0 aliphatic carbocycles. The van der Waals surface area contributed by atoms with Crippen LogP contribution in [0.1, 0.15) is 41.6 Å². The van der Waals surface area contributed by atoms with Crippen molar-refractivity contribution in [2.24, 2.45) is 0 Å². The fourth-order valence-electron chi connectivity index (χ4n) is 2.97. The smallest absolute Gasteiger partial charge is 0.271 e. The molecule has 0 saturated carbocycles. The Morgan fingerprint density at radius 2 is 2.04 bits per heavy atom. The number of nitrogens with one attached hydrogen (secondary N) is 1. The van der Waals surface area contributed by atoms with Crippen molar-refractivity contribution in [2.75, 3.05) is 19.6 Å². The normalized spacial score (nSPS) is 16.8. The molecule has 1 aliphatic rings. The van der Waals surface area contributed by atoms with Crippen molar-refractivity contribution in [1.29, 1.82) is 0 Å². The Hall–Kier alpha value is -1.56. The van der Waals surface area contributed by atoms with Crippen LogP contribution >= 0.6 is 23.2 Å². The van der Waals surface area contributed by atoms with Crippen molar-refractivity contribution in [3.8, 4) is 0 Å². The van der Waals surface area contributed by atoms with Crippen LogP contribution in [-0.4, -0.2) is 35.4 Å². The number of aromatic nitrogens is 1. The molecule has 128 valence electrons. The van der Waals surface area contributed by atoms with Crippen molar-refractivity contribution >= 4 is 29.1 Å². The average molecular weight is 368 g/mol. The first-order valence-electron chi connectivity index (χ1n) is 8.03. The molecule has 5 nitrogen and oxygen atoms in total. The number of nitrogens with zero attached hydrogens (tertiary/aromatic N) is 2. The van der Waals surface area contributed by atoms with Gasteiger partial charge in [-0.15, -0.1) is 0 Å². The molecule has 24 heavy (non-hydrogen) atoms. The van der Waals surface area contributed by atoms with Gasteiger partial charge in [0.15, 0.2) is 0 Å². The number of carbonyl (C=O) groups is 1. The molecule has 1 amide bonds. The lowest BCUT2D eigenvalue weighted by atomic mass is 10.1. The quantitative estimate of drug-likeness (QED) is 0.813. The predicted octanol–water partition coefficient (Wildman–Crippen LogP) is 3.94. The van der Waals surface area contributed by atoms with Gasteiger partial charge in [0.1, 0.15) is 16.6 Å². The van der Waals surface area contributed by atoms with Gasteiger partial charge in [-0.25, -0.2) is 4.98 Å². The van der Waals surface area contributed by atoms with Crippen molar-refractivity contribution < 1.29 is 9.21 Å². The van der Waals surface area contributed by atoms with Crippen LogP contribution in [0.3, 0.4) is 0 Å². The van der Waals surface area contributed by atoms with Gasteiger partial charge in [-0.2, -0.15) is 0 Å². The minimum absolute atomic E-state index is 0.00205. The topological polar surface area (TPSA) is 58.4 Å². The third-order valence-electron chi connectivity index (χ3n) is 4.19. The summed E-state index contributed by atoms with van der Waals surface area (Å²) in [4.78, 5) is 18.8. The number of likely N-dealkylation sites (tertiary alicyclic amines) is 1. The Morgan fingerprint density at radius 3 is 2.75 bits per heavy atom. The van der Waals surface area contributed by atoms with E-state index in [0.29, 0.717) is 6.54 Å². The number of piperidine rings is 1. The summed E-state index contributed by atoms with van der Waals surface area (Å²) < 4.78 is 5.57. The maximum absolute atomic E-state index is 12.4. The molecular formula is C17H19Cl2N3O2. The molecule has 1 aliphatic heterocycles. The number of amides is 1. The standard InChI is InChI=1S/C17H19Cl2N3O2/c18-12-6-7-15(19)21-16(12)17(23)20-11-13(14-5-4-10-24-14)22-8-2-1-3-9-22/h4-7,10,13H,1-3,8-9,11H2,(H,20,23). The Morgan fingerprint density at radius 1 is 1.25 bits per heavy atom. The van der Waals surface area contributed by atoms with E-state index in [1.165, 1.54) is 6.42 Å². The van der Waals surface area contributed by atoms with E-state index in [9.17, 15) is 4.79 Å². The highest BCUT2D eigenvalue weighted by atomic mass is 35.5. The number of rotatable bonds is 5. The van der Waals surface area contributed by atoms with Crippen LogP contribution < -0.4 is 5.32 Å². The van der Waals surface area contributed by atoms with Gasteiger partial charge in [0.25, 0.3) is 5.91 Å². The van der Waals surface area contributed by atoms with Gasteiger partial charge in [0.2, 0.25) is 0 Å². The number of pyridine rings is 1. The Kier molecular flexibility index (Phi) is 5.76. The highest BCUT2D eigenvalue weighted by molar-refractivity contribution is 6.34. The molecule has 1 fully saturated rings. The number of furan rings is 1. The first-order valence-corrected chi connectivity index (χ1v) is 8.78. The van der Waals surface area contributed by atoms with Crippen LogP contribution in [0.2, 0.25) is 10.2 Å². The highest BCUT2D eigenvalue weighted by Crippen LogP contribution is 2.25. The van der Waals surface area contributed by atoms with Crippen molar-refractivity contribution in [3.05, 3.63) is 52.2 Å². The van der Waals surface area contributed by atoms with Crippen molar-refractivity contribution in [1.82, 2.24) is 15.2 Å². The van der Waals surface area contributed by atoms with Gasteiger partial charge in [-0.05, 0) is 50.2 Å². The minimum Gasteiger partial charge on any atom is -0.468 e. The summed E-state index contributed by atoms with van der Waals surface area (Å²) in [5, 5.41) is 3.43. The molecule has 1 unspecified atom stereocenters. The van der Waals surface area contributed by atoms with Crippen LogP contribution in [0.5, 0.6) is 0 Å². The molecule has 7 heteroatoms. The molecule has 3 rings (SSSR count). The monoisotopic (exact) mass is 367 g/mol. The second-order valence-electron chi connectivity index (χ2n) is 5.80. The number of hydrogen-bond acceptors (Lipinski definition) is 4. The number of halogens is 2. The molecule has 1 N–H and O–H groups in total. The lowest BCUT2D eigenvalue weighted by Crippen LogP contribution is -2.40. The van der Waals surface area contributed by atoms with E-state index >= 15 is 0 Å². The molecule has 0 spiro atoms. The lowest BCUT2D eigenvalue weighted by Gasteiger charge is -2.33. The predicted molar refractivity (Wildman–Crippen MR) is 93.5 cm³/mol. The molecule has 1 saturated heterocycles. The summed E-state index contributed by atoms with van der Waals surface area (Å²) in [5.41, 5.74) is 0.140. The van der Waals surface area contributed by atoms with Gasteiger partial charge in [-0.3, -0.25) is 9.69 Å². The third-order valence-corrected chi connectivity index (χ3v) is 4.70. The molecule has 3 heterocycles. The molecular weight excluding hydrogens is 349 g/mol. The van der Waals surface area contributed by atoms with E-state index < -0.39 is 0 Å². The summed E-state index contributed by atoms with van der Waals surface area (Å²) in [6.07, 6.45) is 5.22. The van der Waals surface area contributed by atoms with Gasteiger partial charge in [0, 0.05) is 6.54 Å². The van der Waals surface area contributed by atoms with Gasteiger partial charge in [-0.1, -0.05) is 29.6 Å². The number of hydrogen-bond donors (Lipinski definition) is 1. The van der Waals surface area contributed by atoms with Gasteiger partial charge < -0.3 is 9.73 Å². The third kappa shape index (κ3) is 4.09. The van der Waals surface area contributed by atoms with Crippen molar-refractivity contribution in [2.45, 2.75) is 25.3 Å². The van der Waals surface area contributed by atoms with Crippen LogP contribution in [0.15, 0.2) is 34.9 Å². The van der Waals surface area contributed by atoms with Gasteiger partial charge in [0.05, 0.1) is 17.3 Å². The van der Waals surface area contributed by atoms with E-state index in [1.54, 1.807) is 18.4 Å². The summed E-state index contributed by atoms with van der Waals surface area (Å²) in [5.74, 6) is 0.512. The largest absolute Gasteiger partial charge is 0.468 e. The molecule has 0 bridgehead atoms. The second-order valence-corrected chi connectivity index (χ2v) is 6.60. The SMILES string of the molecule is O=C(NCC(c1ccco1)N1CCCCC1)c1nc(Cl)ccc1Cl. The molecule has 2 aromatic heterocycles. The fourth-order valence-corrected chi connectivity index (χ4v) is 3.31. The van der Waals surface area contributed by atoms with E-state index in [-0.39, 0.29) is 27.8 Å². The summed E-state index contributed by atoms with van der Waals surface area (Å²) in [6, 6.07) is 6.93. The zero-order valence-corrected chi connectivity index (χ0v) is 14.7. The molecule has 1 atom stereocenters. The van der Waals surface area contributed by atoms with E-state index in [4.69, 9.17) is 27.6 Å². The van der Waals surface area contributed by atoms with Crippen molar-refractivity contribution in [3.63, 3.8) is 0 Å². The lowest BCUT2D eigenvalue weighted by molar-refractivity contribution is 0.0909. The first kappa shape index (κ1) is 17.3. The minimum atomic E-state index is -0.337. The summed E-state index contributed by atoms with van der Waals surface area (Å²) >= 11 is 11.9. The molecule has 2 aromatic rings. The summed E-state index contributed by atoms with van der Waals surface area (Å²) in [7, 11) is 0. The van der Waals surface area contributed by atoms with E-state index in [0.717, 1.165) is 31.7 Å².